The number of carbonyl (C=O) groups is 2. The normalized spacial score (nSPS) is 23.3. The molecular weight excluding hydrogens is 170 g/mol. The molecule has 1 amide bonds. The van der Waals surface area contributed by atoms with Crippen LogP contribution in [0.4, 0.5) is 0 Å². The first kappa shape index (κ1) is 10.0. The Morgan fingerprint density at radius 1 is 1.69 bits per heavy atom. The van der Waals surface area contributed by atoms with Crippen molar-refractivity contribution in [1.82, 2.24) is 4.90 Å². The van der Waals surface area contributed by atoms with E-state index in [4.69, 9.17) is 5.11 Å². The number of hydrogen-bond donors (Lipinski definition) is 1. The van der Waals surface area contributed by atoms with Crippen LogP contribution in [0.2, 0.25) is 0 Å². The molecule has 0 radical (unpaired) electrons. The Hall–Kier alpha value is -1.06. The molecule has 4 nitrogen and oxygen atoms in total. The third-order valence-electron chi connectivity index (χ3n) is 2.33. The summed E-state index contributed by atoms with van der Waals surface area (Å²) in [7, 11) is 0. The minimum absolute atomic E-state index is 0.0540. The fraction of sp³-hybridized carbons (Fsp3) is 0.778. The van der Waals surface area contributed by atoms with Crippen molar-refractivity contribution in [2.45, 2.75) is 26.2 Å². The van der Waals surface area contributed by atoms with Crippen molar-refractivity contribution < 1.29 is 14.7 Å². The van der Waals surface area contributed by atoms with Crippen LogP contribution >= 0.6 is 0 Å². The monoisotopic (exact) mass is 185 g/mol. The van der Waals surface area contributed by atoms with E-state index in [1.54, 1.807) is 4.90 Å². The van der Waals surface area contributed by atoms with Gasteiger partial charge in [-0.05, 0) is 12.3 Å². The quantitative estimate of drug-likeness (QED) is 0.704. The molecule has 1 aliphatic rings. The average molecular weight is 185 g/mol. The largest absolute Gasteiger partial charge is 0.481 e. The highest BCUT2D eigenvalue weighted by Crippen LogP contribution is 2.16. The molecule has 0 aliphatic carbocycles. The molecule has 1 rings (SSSR count). The maximum atomic E-state index is 11.3. The van der Waals surface area contributed by atoms with Gasteiger partial charge in [-0.15, -0.1) is 0 Å². The maximum absolute atomic E-state index is 11.3. The number of carboxylic acids is 1. The lowest BCUT2D eigenvalue weighted by molar-refractivity contribution is -0.139. The van der Waals surface area contributed by atoms with Gasteiger partial charge in [-0.25, -0.2) is 0 Å². The Balaban J connectivity index is 2.37. The van der Waals surface area contributed by atoms with E-state index in [0.29, 0.717) is 25.4 Å². The summed E-state index contributed by atoms with van der Waals surface area (Å²) in [6.07, 6.45) is 1.56. The third-order valence-corrected chi connectivity index (χ3v) is 2.33. The SMILES string of the molecule is CC1CCC(=O)N(CCC(=O)O)C1. The van der Waals surface area contributed by atoms with Crippen LogP contribution in [0, 0.1) is 5.92 Å². The highest BCUT2D eigenvalue weighted by Gasteiger charge is 2.22. The van der Waals surface area contributed by atoms with Crippen LogP contribution in [0.25, 0.3) is 0 Å². The van der Waals surface area contributed by atoms with Gasteiger partial charge in [0.2, 0.25) is 5.91 Å². The topological polar surface area (TPSA) is 57.6 Å². The van der Waals surface area contributed by atoms with Gasteiger partial charge >= 0.3 is 5.97 Å². The van der Waals surface area contributed by atoms with E-state index in [0.717, 1.165) is 6.42 Å². The van der Waals surface area contributed by atoms with E-state index in [9.17, 15) is 9.59 Å². The minimum Gasteiger partial charge on any atom is -0.481 e. The van der Waals surface area contributed by atoms with E-state index in [1.807, 2.05) is 0 Å². The highest BCUT2D eigenvalue weighted by molar-refractivity contribution is 5.77. The van der Waals surface area contributed by atoms with Gasteiger partial charge in [-0.2, -0.15) is 0 Å². The van der Waals surface area contributed by atoms with Crippen LogP contribution in [-0.2, 0) is 9.59 Å². The van der Waals surface area contributed by atoms with Crippen molar-refractivity contribution in [3.63, 3.8) is 0 Å². The third kappa shape index (κ3) is 3.05. The van der Waals surface area contributed by atoms with Crippen LogP contribution in [0.3, 0.4) is 0 Å². The van der Waals surface area contributed by atoms with Crippen LogP contribution in [-0.4, -0.2) is 35.0 Å². The van der Waals surface area contributed by atoms with E-state index in [-0.39, 0.29) is 12.3 Å². The van der Waals surface area contributed by atoms with Crippen molar-refractivity contribution in [3.8, 4) is 0 Å². The lowest BCUT2D eigenvalue weighted by Crippen LogP contribution is -2.40. The Morgan fingerprint density at radius 2 is 2.38 bits per heavy atom. The molecule has 1 N–H and O–H groups in total. The Labute approximate surface area is 77.5 Å². The van der Waals surface area contributed by atoms with Gasteiger partial charge in [0.15, 0.2) is 0 Å². The molecule has 4 heteroatoms. The number of piperidine rings is 1. The molecule has 0 spiro atoms. The molecule has 13 heavy (non-hydrogen) atoms. The van der Waals surface area contributed by atoms with Crippen LogP contribution in [0.5, 0.6) is 0 Å². The molecule has 0 aromatic heterocycles. The lowest BCUT2D eigenvalue weighted by Gasteiger charge is -2.30. The Bertz CT molecular complexity index is 215. The molecule has 1 saturated heterocycles. The molecule has 1 unspecified atom stereocenters. The van der Waals surface area contributed by atoms with Crippen molar-refractivity contribution in [2.75, 3.05) is 13.1 Å². The molecular formula is C9H15NO3. The molecule has 1 atom stereocenters. The second kappa shape index (κ2) is 4.25. The summed E-state index contributed by atoms with van der Waals surface area (Å²) >= 11 is 0. The van der Waals surface area contributed by atoms with Gasteiger partial charge in [0.05, 0.1) is 6.42 Å². The highest BCUT2D eigenvalue weighted by atomic mass is 16.4. The van der Waals surface area contributed by atoms with E-state index >= 15 is 0 Å². The number of hydrogen-bond acceptors (Lipinski definition) is 2. The zero-order chi connectivity index (χ0) is 9.84. The number of amides is 1. The van der Waals surface area contributed by atoms with Gasteiger partial charge < -0.3 is 10.0 Å². The summed E-state index contributed by atoms with van der Waals surface area (Å²) in [6, 6.07) is 0. The summed E-state index contributed by atoms with van der Waals surface area (Å²) in [5, 5.41) is 8.46. The summed E-state index contributed by atoms with van der Waals surface area (Å²) in [4.78, 5) is 23.2. The summed E-state index contributed by atoms with van der Waals surface area (Å²) in [5.41, 5.74) is 0. The molecule has 0 saturated carbocycles. The van der Waals surface area contributed by atoms with Crippen LogP contribution in [0.15, 0.2) is 0 Å². The lowest BCUT2D eigenvalue weighted by atomic mass is 10.00. The van der Waals surface area contributed by atoms with Crippen molar-refractivity contribution in [1.29, 1.82) is 0 Å². The molecule has 1 heterocycles. The van der Waals surface area contributed by atoms with Crippen molar-refractivity contribution in [3.05, 3.63) is 0 Å². The summed E-state index contributed by atoms with van der Waals surface area (Å²) in [5.74, 6) is -0.239. The number of carbonyl (C=O) groups excluding carboxylic acids is 1. The van der Waals surface area contributed by atoms with E-state index in [1.165, 1.54) is 0 Å². The first-order valence-electron chi connectivity index (χ1n) is 4.59. The van der Waals surface area contributed by atoms with Crippen molar-refractivity contribution >= 4 is 11.9 Å². The number of aliphatic carboxylic acids is 1. The summed E-state index contributed by atoms with van der Waals surface area (Å²) in [6.45, 7) is 3.16. The van der Waals surface area contributed by atoms with Gasteiger partial charge in [-0.3, -0.25) is 9.59 Å². The fourth-order valence-electron chi connectivity index (χ4n) is 1.54. The van der Waals surface area contributed by atoms with Gasteiger partial charge in [-0.1, -0.05) is 6.92 Å². The first-order chi connectivity index (χ1) is 6.09. The van der Waals surface area contributed by atoms with Gasteiger partial charge in [0, 0.05) is 19.5 Å². The molecule has 74 valence electrons. The Morgan fingerprint density at radius 3 is 3.00 bits per heavy atom. The smallest absolute Gasteiger partial charge is 0.305 e. The average Bonchev–Trinajstić information content (AvgIpc) is 2.06. The van der Waals surface area contributed by atoms with E-state index < -0.39 is 5.97 Å². The zero-order valence-corrected chi connectivity index (χ0v) is 7.82. The number of carboxylic acid groups (broad SMARTS) is 1. The van der Waals surface area contributed by atoms with Crippen LogP contribution < -0.4 is 0 Å². The predicted molar refractivity (Wildman–Crippen MR) is 47.2 cm³/mol. The molecule has 0 bridgehead atoms. The molecule has 1 fully saturated rings. The summed E-state index contributed by atoms with van der Waals surface area (Å²) < 4.78 is 0. The second-order valence-corrected chi connectivity index (χ2v) is 3.63. The number of rotatable bonds is 3. The molecule has 1 aliphatic heterocycles. The maximum Gasteiger partial charge on any atom is 0.305 e. The fourth-order valence-corrected chi connectivity index (χ4v) is 1.54. The molecule has 0 aromatic carbocycles. The predicted octanol–water partition coefficient (Wildman–Crippen LogP) is 0.720. The van der Waals surface area contributed by atoms with Crippen molar-refractivity contribution in [2.24, 2.45) is 5.92 Å². The van der Waals surface area contributed by atoms with E-state index in [2.05, 4.69) is 6.92 Å². The van der Waals surface area contributed by atoms with Crippen LogP contribution in [0.1, 0.15) is 26.2 Å². The molecule has 0 aromatic rings. The van der Waals surface area contributed by atoms with Gasteiger partial charge in [0.1, 0.15) is 0 Å². The number of likely N-dealkylation sites (tertiary alicyclic amines) is 1. The number of nitrogens with zero attached hydrogens (tertiary/aromatic N) is 1. The standard InChI is InChI=1S/C9H15NO3/c1-7-2-3-8(11)10(6-7)5-4-9(12)13/h7H,2-6H2,1H3,(H,12,13). The minimum atomic E-state index is -0.842. The zero-order valence-electron chi connectivity index (χ0n) is 7.82. The van der Waals surface area contributed by atoms with Gasteiger partial charge in [0.25, 0.3) is 0 Å². The Kier molecular flexibility index (Phi) is 3.28. The second-order valence-electron chi connectivity index (χ2n) is 3.63. The first-order valence-corrected chi connectivity index (χ1v) is 4.59.